The van der Waals surface area contributed by atoms with E-state index in [4.69, 9.17) is 21.1 Å². The maximum absolute atomic E-state index is 13.1. The topological polar surface area (TPSA) is 55.8 Å². The summed E-state index contributed by atoms with van der Waals surface area (Å²) in [5.41, 5.74) is 0.542. The molecule has 0 unspecified atom stereocenters. The quantitative estimate of drug-likeness (QED) is 0.762. The fraction of sp³-hybridized carbons (Fsp3) is 0.318. The lowest BCUT2D eigenvalue weighted by Crippen LogP contribution is -2.49. The highest BCUT2D eigenvalue weighted by molar-refractivity contribution is 6.30. The van der Waals surface area contributed by atoms with E-state index in [-0.39, 0.29) is 17.1 Å². The Morgan fingerprint density at radius 1 is 0.963 bits per heavy atom. The normalized spacial score (nSPS) is 18.5. The van der Waals surface area contributed by atoms with E-state index in [0.29, 0.717) is 16.3 Å². The van der Waals surface area contributed by atoms with Crippen LogP contribution in [0, 0.1) is 0 Å². The van der Waals surface area contributed by atoms with E-state index in [2.05, 4.69) is 0 Å². The number of rotatable bonds is 3. The van der Waals surface area contributed by atoms with Crippen molar-refractivity contribution in [2.75, 3.05) is 7.11 Å². The van der Waals surface area contributed by atoms with E-state index in [1.54, 1.807) is 40.9 Å². The minimum atomic E-state index is -1.06. The van der Waals surface area contributed by atoms with Gasteiger partial charge in [-0.05, 0) is 63.1 Å². The zero-order chi connectivity index (χ0) is 20.0. The second kappa shape index (κ2) is 6.70. The van der Waals surface area contributed by atoms with Crippen LogP contribution in [-0.2, 0) is 9.53 Å². The molecule has 0 saturated carbocycles. The summed E-state index contributed by atoms with van der Waals surface area (Å²) in [6.45, 7) is 6.90. The van der Waals surface area contributed by atoms with Gasteiger partial charge in [0.2, 0.25) is 0 Å². The molecule has 0 aliphatic carbocycles. The Balaban J connectivity index is 2.24. The molecular weight excluding hydrogens is 364 g/mol. The molecule has 2 aromatic rings. The van der Waals surface area contributed by atoms with Crippen LogP contribution in [0.25, 0.3) is 16.7 Å². The summed E-state index contributed by atoms with van der Waals surface area (Å²) in [5, 5.41) is 11.5. The molecule has 0 atom stereocenters. The SMILES string of the molecule is COc1ccc(-c2ccc(Cl)cc2)cc1C1=C(O)C(C)(C)OC(C)(C)C1=O. The van der Waals surface area contributed by atoms with Crippen molar-refractivity contribution in [3.8, 4) is 16.9 Å². The van der Waals surface area contributed by atoms with Gasteiger partial charge in [-0.15, -0.1) is 0 Å². The Kier molecular flexibility index (Phi) is 4.83. The van der Waals surface area contributed by atoms with Crippen molar-refractivity contribution in [2.45, 2.75) is 38.9 Å². The molecule has 27 heavy (non-hydrogen) atoms. The number of carbonyl (C=O) groups is 1. The second-order valence-corrected chi connectivity index (χ2v) is 8.03. The number of halogens is 1. The van der Waals surface area contributed by atoms with Gasteiger partial charge in [0.1, 0.15) is 22.7 Å². The van der Waals surface area contributed by atoms with Crippen LogP contribution in [0.5, 0.6) is 5.75 Å². The summed E-state index contributed by atoms with van der Waals surface area (Å²) in [6, 6.07) is 13.0. The number of benzene rings is 2. The van der Waals surface area contributed by atoms with Crippen molar-refractivity contribution in [3.05, 3.63) is 58.8 Å². The first-order chi connectivity index (χ1) is 12.6. The summed E-state index contributed by atoms with van der Waals surface area (Å²) in [5.74, 6) is 0.125. The first-order valence-corrected chi connectivity index (χ1v) is 9.07. The molecule has 0 spiro atoms. The van der Waals surface area contributed by atoms with Gasteiger partial charge >= 0.3 is 0 Å². The Bertz CT molecular complexity index is 924. The molecule has 3 rings (SSSR count). The van der Waals surface area contributed by atoms with Gasteiger partial charge in [-0.1, -0.05) is 29.8 Å². The van der Waals surface area contributed by atoms with Gasteiger partial charge in [0.15, 0.2) is 5.78 Å². The monoisotopic (exact) mass is 386 g/mol. The summed E-state index contributed by atoms with van der Waals surface area (Å²) < 4.78 is 11.3. The van der Waals surface area contributed by atoms with Gasteiger partial charge < -0.3 is 14.6 Å². The van der Waals surface area contributed by atoms with Crippen LogP contribution in [0.2, 0.25) is 5.02 Å². The summed E-state index contributed by atoms with van der Waals surface area (Å²) >= 11 is 5.98. The van der Waals surface area contributed by atoms with Gasteiger partial charge in [-0.3, -0.25) is 4.79 Å². The lowest BCUT2D eigenvalue weighted by molar-refractivity contribution is -0.158. The van der Waals surface area contributed by atoms with Crippen LogP contribution in [0.4, 0.5) is 0 Å². The number of Topliss-reactive ketones (excluding diaryl/α,β-unsaturated/α-hetero) is 1. The molecule has 1 N–H and O–H groups in total. The van der Waals surface area contributed by atoms with E-state index in [1.165, 1.54) is 0 Å². The number of hydrogen-bond acceptors (Lipinski definition) is 4. The molecule has 0 bridgehead atoms. The van der Waals surface area contributed by atoms with Gasteiger partial charge in [0, 0.05) is 10.6 Å². The maximum atomic E-state index is 13.1. The van der Waals surface area contributed by atoms with Gasteiger partial charge in [-0.2, -0.15) is 0 Å². The third-order valence-corrected chi connectivity index (χ3v) is 4.99. The maximum Gasteiger partial charge on any atom is 0.198 e. The Labute approximate surface area is 164 Å². The number of ketones is 1. The van der Waals surface area contributed by atoms with Crippen LogP contribution in [0.1, 0.15) is 33.3 Å². The smallest absolute Gasteiger partial charge is 0.198 e. The first-order valence-electron chi connectivity index (χ1n) is 8.70. The van der Waals surface area contributed by atoms with Crippen LogP contribution >= 0.6 is 11.6 Å². The molecule has 1 aliphatic heterocycles. The Morgan fingerprint density at radius 2 is 1.56 bits per heavy atom. The van der Waals surface area contributed by atoms with Crippen molar-refractivity contribution in [2.24, 2.45) is 0 Å². The number of carbonyl (C=O) groups excluding carboxylic acids is 1. The summed E-state index contributed by atoms with van der Waals surface area (Å²) in [4.78, 5) is 13.1. The number of hydrogen-bond donors (Lipinski definition) is 1. The summed E-state index contributed by atoms with van der Waals surface area (Å²) in [7, 11) is 1.54. The van der Waals surface area contributed by atoms with Crippen molar-refractivity contribution in [1.82, 2.24) is 0 Å². The highest BCUT2D eigenvalue weighted by atomic mass is 35.5. The standard InChI is InChI=1S/C22H23ClO4/c1-21(2)19(24)18(20(25)22(3,4)27-21)16-12-14(8-11-17(16)26-5)13-6-9-15(23)10-7-13/h6-12,24H,1-5H3. The molecule has 0 amide bonds. The predicted molar refractivity (Wildman–Crippen MR) is 107 cm³/mol. The second-order valence-electron chi connectivity index (χ2n) is 7.60. The van der Waals surface area contributed by atoms with Crippen molar-refractivity contribution < 1.29 is 19.4 Å². The van der Waals surface area contributed by atoms with Gasteiger partial charge in [0.25, 0.3) is 0 Å². The molecular formula is C22H23ClO4. The molecule has 5 heteroatoms. The third-order valence-electron chi connectivity index (χ3n) is 4.74. The van der Waals surface area contributed by atoms with Crippen LogP contribution in [-0.4, -0.2) is 29.2 Å². The molecule has 1 aliphatic rings. The molecule has 0 fully saturated rings. The molecule has 1 heterocycles. The lowest BCUT2D eigenvalue weighted by Gasteiger charge is -2.40. The Hall–Kier alpha value is -2.30. The highest BCUT2D eigenvalue weighted by Crippen LogP contribution is 2.43. The Morgan fingerprint density at radius 3 is 2.15 bits per heavy atom. The van der Waals surface area contributed by atoms with Gasteiger partial charge in [-0.25, -0.2) is 0 Å². The van der Waals surface area contributed by atoms with E-state index in [9.17, 15) is 9.90 Å². The molecule has 0 radical (unpaired) electrons. The molecule has 2 aromatic carbocycles. The predicted octanol–water partition coefficient (Wildman–Crippen LogP) is 5.44. The largest absolute Gasteiger partial charge is 0.508 e. The lowest BCUT2D eigenvalue weighted by atomic mass is 9.82. The van der Waals surface area contributed by atoms with E-state index >= 15 is 0 Å². The van der Waals surface area contributed by atoms with Crippen molar-refractivity contribution in [1.29, 1.82) is 0 Å². The number of aliphatic hydroxyl groups is 1. The highest BCUT2D eigenvalue weighted by Gasteiger charge is 2.47. The minimum Gasteiger partial charge on any atom is -0.508 e. The van der Waals surface area contributed by atoms with Crippen LogP contribution in [0.3, 0.4) is 0 Å². The van der Waals surface area contributed by atoms with E-state index in [1.807, 2.05) is 36.4 Å². The van der Waals surface area contributed by atoms with Crippen LogP contribution < -0.4 is 4.74 Å². The third kappa shape index (κ3) is 3.47. The van der Waals surface area contributed by atoms with Crippen LogP contribution in [0.15, 0.2) is 48.2 Å². The number of aliphatic hydroxyl groups excluding tert-OH is 1. The average molecular weight is 387 g/mol. The van der Waals surface area contributed by atoms with Gasteiger partial charge in [0.05, 0.1) is 12.7 Å². The molecule has 4 nitrogen and oxygen atoms in total. The molecule has 0 saturated heterocycles. The first kappa shape index (κ1) is 19.5. The molecule has 142 valence electrons. The fourth-order valence-electron chi connectivity index (χ4n) is 3.42. The summed E-state index contributed by atoms with van der Waals surface area (Å²) in [6.07, 6.45) is 0. The van der Waals surface area contributed by atoms with Crippen molar-refractivity contribution >= 4 is 23.0 Å². The average Bonchev–Trinajstić information content (AvgIpc) is 2.60. The molecule has 0 aromatic heterocycles. The van der Waals surface area contributed by atoms with Crippen molar-refractivity contribution in [3.63, 3.8) is 0 Å². The minimum absolute atomic E-state index is 0.0987. The number of ether oxygens (including phenoxy) is 2. The van der Waals surface area contributed by atoms with E-state index < -0.39 is 11.2 Å². The number of methoxy groups -OCH3 is 1. The van der Waals surface area contributed by atoms with E-state index in [0.717, 1.165) is 11.1 Å². The zero-order valence-corrected chi connectivity index (χ0v) is 16.8. The zero-order valence-electron chi connectivity index (χ0n) is 16.1. The fourth-order valence-corrected chi connectivity index (χ4v) is 3.54.